The molecule has 3 N–H and O–H groups in total. The van der Waals surface area contributed by atoms with Crippen molar-refractivity contribution in [2.75, 3.05) is 6.54 Å². The van der Waals surface area contributed by atoms with Crippen molar-refractivity contribution in [2.24, 2.45) is 11.7 Å². The zero-order valence-electron chi connectivity index (χ0n) is 8.45. The van der Waals surface area contributed by atoms with E-state index in [1.165, 1.54) is 4.88 Å². The molecule has 0 saturated carbocycles. The Kier molecular flexibility index (Phi) is 3.81. The predicted molar refractivity (Wildman–Crippen MR) is 66.3 cm³/mol. The number of rotatable bonds is 4. The summed E-state index contributed by atoms with van der Waals surface area (Å²) in [7, 11) is 0. The standard InChI is InChI=1S/C11H15ClN2S/c12-11-4-3-10(15-11)7-14-6-8-1-2-9(13)5-8/h1-4,8-9,14H,5-7,13H2. The van der Waals surface area contributed by atoms with E-state index in [1.54, 1.807) is 11.3 Å². The molecule has 2 unspecified atom stereocenters. The molecule has 1 heterocycles. The van der Waals surface area contributed by atoms with Crippen LogP contribution in [-0.4, -0.2) is 12.6 Å². The Morgan fingerprint density at radius 3 is 2.93 bits per heavy atom. The van der Waals surface area contributed by atoms with E-state index in [2.05, 4.69) is 23.5 Å². The molecule has 82 valence electrons. The zero-order valence-corrected chi connectivity index (χ0v) is 10.0. The minimum Gasteiger partial charge on any atom is -0.324 e. The molecule has 0 bridgehead atoms. The first kappa shape index (κ1) is 11.1. The number of nitrogens with two attached hydrogens (primary N) is 1. The Morgan fingerprint density at radius 2 is 2.33 bits per heavy atom. The van der Waals surface area contributed by atoms with Gasteiger partial charge < -0.3 is 11.1 Å². The molecule has 0 spiro atoms. The number of thiophene rings is 1. The van der Waals surface area contributed by atoms with Gasteiger partial charge in [-0.1, -0.05) is 23.8 Å². The third kappa shape index (κ3) is 3.31. The molecule has 0 aromatic carbocycles. The highest BCUT2D eigenvalue weighted by atomic mass is 35.5. The van der Waals surface area contributed by atoms with Crippen LogP contribution in [0.1, 0.15) is 11.3 Å². The maximum absolute atomic E-state index is 5.85. The van der Waals surface area contributed by atoms with Gasteiger partial charge in [0, 0.05) is 24.0 Å². The summed E-state index contributed by atoms with van der Waals surface area (Å²) in [5.74, 6) is 0.593. The van der Waals surface area contributed by atoms with E-state index in [4.69, 9.17) is 17.3 Å². The average molecular weight is 243 g/mol. The Morgan fingerprint density at radius 1 is 1.47 bits per heavy atom. The van der Waals surface area contributed by atoms with Crippen LogP contribution in [0.5, 0.6) is 0 Å². The van der Waals surface area contributed by atoms with Gasteiger partial charge in [-0.15, -0.1) is 11.3 Å². The van der Waals surface area contributed by atoms with Gasteiger partial charge >= 0.3 is 0 Å². The summed E-state index contributed by atoms with van der Waals surface area (Å²) in [4.78, 5) is 1.28. The van der Waals surface area contributed by atoms with Crippen molar-refractivity contribution in [1.82, 2.24) is 5.32 Å². The van der Waals surface area contributed by atoms with E-state index in [1.807, 2.05) is 6.07 Å². The molecule has 4 heteroatoms. The van der Waals surface area contributed by atoms with E-state index >= 15 is 0 Å². The van der Waals surface area contributed by atoms with Crippen LogP contribution in [0.4, 0.5) is 0 Å². The van der Waals surface area contributed by atoms with Crippen molar-refractivity contribution < 1.29 is 0 Å². The predicted octanol–water partition coefficient (Wildman–Crippen LogP) is 2.39. The maximum Gasteiger partial charge on any atom is 0.0931 e. The molecule has 2 rings (SSSR count). The SMILES string of the molecule is NC1C=CC(CNCc2ccc(Cl)s2)C1. The number of halogens is 1. The summed E-state index contributed by atoms with van der Waals surface area (Å²) in [6.45, 7) is 1.90. The van der Waals surface area contributed by atoms with Gasteiger partial charge in [0.15, 0.2) is 0 Å². The highest BCUT2D eigenvalue weighted by molar-refractivity contribution is 7.16. The maximum atomic E-state index is 5.85. The van der Waals surface area contributed by atoms with Gasteiger partial charge in [-0.3, -0.25) is 0 Å². The lowest BCUT2D eigenvalue weighted by Crippen LogP contribution is -2.23. The monoisotopic (exact) mass is 242 g/mol. The minimum absolute atomic E-state index is 0.257. The largest absolute Gasteiger partial charge is 0.324 e. The molecule has 1 aromatic rings. The van der Waals surface area contributed by atoms with Gasteiger partial charge in [0.25, 0.3) is 0 Å². The van der Waals surface area contributed by atoms with Crippen molar-refractivity contribution in [2.45, 2.75) is 19.0 Å². The van der Waals surface area contributed by atoms with E-state index in [-0.39, 0.29) is 6.04 Å². The normalized spacial score (nSPS) is 24.9. The van der Waals surface area contributed by atoms with Crippen molar-refractivity contribution in [3.63, 3.8) is 0 Å². The van der Waals surface area contributed by atoms with Crippen molar-refractivity contribution in [3.8, 4) is 0 Å². The summed E-state index contributed by atoms with van der Waals surface area (Å²) in [6.07, 6.45) is 5.37. The Hall–Kier alpha value is -0.350. The van der Waals surface area contributed by atoms with Crippen LogP contribution in [0.3, 0.4) is 0 Å². The van der Waals surface area contributed by atoms with Crippen LogP contribution in [0.15, 0.2) is 24.3 Å². The van der Waals surface area contributed by atoms with Gasteiger partial charge in [0.1, 0.15) is 0 Å². The fourth-order valence-corrected chi connectivity index (χ4v) is 2.84. The number of hydrogen-bond donors (Lipinski definition) is 2. The molecular formula is C11H15ClN2S. The average Bonchev–Trinajstić information content (AvgIpc) is 2.76. The smallest absolute Gasteiger partial charge is 0.0931 e. The molecule has 0 radical (unpaired) electrons. The van der Waals surface area contributed by atoms with E-state index in [0.717, 1.165) is 23.8 Å². The van der Waals surface area contributed by atoms with Crippen LogP contribution < -0.4 is 11.1 Å². The molecule has 1 aliphatic rings. The Balaban J connectivity index is 1.69. The molecule has 2 atom stereocenters. The van der Waals surface area contributed by atoms with Gasteiger partial charge in [-0.25, -0.2) is 0 Å². The van der Waals surface area contributed by atoms with Gasteiger partial charge in [0.05, 0.1) is 4.34 Å². The highest BCUT2D eigenvalue weighted by Crippen LogP contribution is 2.21. The van der Waals surface area contributed by atoms with Crippen LogP contribution >= 0.6 is 22.9 Å². The third-order valence-corrected chi connectivity index (χ3v) is 3.77. The molecule has 0 aliphatic heterocycles. The number of hydrogen-bond acceptors (Lipinski definition) is 3. The third-order valence-electron chi connectivity index (χ3n) is 2.54. The van der Waals surface area contributed by atoms with E-state index in [0.29, 0.717) is 5.92 Å². The van der Waals surface area contributed by atoms with Crippen LogP contribution in [0.2, 0.25) is 4.34 Å². The molecule has 1 aliphatic carbocycles. The summed E-state index contributed by atoms with van der Waals surface area (Å²) in [5, 5.41) is 3.42. The van der Waals surface area contributed by atoms with Crippen molar-refractivity contribution >= 4 is 22.9 Å². The first-order valence-electron chi connectivity index (χ1n) is 5.13. The highest BCUT2D eigenvalue weighted by Gasteiger charge is 2.14. The first-order valence-corrected chi connectivity index (χ1v) is 6.32. The van der Waals surface area contributed by atoms with Crippen LogP contribution in [-0.2, 0) is 6.54 Å². The lowest BCUT2D eigenvalue weighted by molar-refractivity contribution is 0.529. The summed E-state index contributed by atoms with van der Waals surface area (Å²) >= 11 is 7.48. The molecular weight excluding hydrogens is 228 g/mol. The quantitative estimate of drug-likeness (QED) is 0.796. The lowest BCUT2D eigenvalue weighted by atomic mass is 10.1. The molecule has 0 fully saturated rings. The van der Waals surface area contributed by atoms with Gasteiger partial charge in [-0.2, -0.15) is 0 Å². The fraction of sp³-hybridized carbons (Fsp3) is 0.455. The Bertz CT molecular complexity index is 348. The summed E-state index contributed by atoms with van der Waals surface area (Å²) in [5.41, 5.74) is 5.78. The second kappa shape index (κ2) is 5.12. The molecule has 0 saturated heterocycles. The molecule has 2 nitrogen and oxygen atoms in total. The fourth-order valence-electron chi connectivity index (χ4n) is 1.79. The minimum atomic E-state index is 0.257. The first-order chi connectivity index (χ1) is 7.24. The second-order valence-electron chi connectivity index (χ2n) is 3.88. The summed E-state index contributed by atoms with van der Waals surface area (Å²) in [6, 6.07) is 4.26. The van der Waals surface area contributed by atoms with E-state index in [9.17, 15) is 0 Å². The molecule has 0 amide bonds. The zero-order chi connectivity index (χ0) is 10.7. The van der Waals surface area contributed by atoms with Crippen molar-refractivity contribution in [3.05, 3.63) is 33.5 Å². The molecule has 1 aromatic heterocycles. The molecule has 15 heavy (non-hydrogen) atoms. The van der Waals surface area contributed by atoms with Crippen molar-refractivity contribution in [1.29, 1.82) is 0 Å². The Labute approximate surface area is 99.1 Å². The lowest BCUT2D eigenvalue weighted by Gasteiger charge is -2.09. The summed E-state index contributed by atoms with van der Waals surface area (Å²) < 4.78 is 0.856. The van der Waals surface area contributed by atoms with Gasteiger partial charge in [-0.05, 0) is 24.5 Å². The second-order valence-corrected chi connectivity index (χ2v) is 5.68. The van der Waals surface area contributed by atoms with E-state index < -0.39 is 0 Å². The number of nitrogens with one attached hydrogen (secondary N) is 1. The topological polar surface area (TPSA) is 38.0 Å². The van der Waals surface area contributed by atoms with Crippen LogP contribution in [0, 0.1) is 5.92 Å². The van der Waals surface area contributed by atoms with Gasteiger partial charge in [0.2, 0.25) is 0 Å². The van der Waals surface area contributed by atoms with Crippen LogP contribution in [0.25, 0.3) is 0 Å².